The molecule has 1 aliphatic carbocycles. The summed E-state index contributed by atoms with van der Waals surface area (Å²) in [5, 5.41) is 7.48. The van der Waals surface area contributed by atoms with Crippen molar-refractivity contribution in [2.24, 2.45) is 0 Å². The molecule has 0 unspecified atom stereocenters. The Balaban J connectivity index is 1.77. The van der Waals surface area contributed by atoms with Gasteiger partial charge in [0.25, 0.3) is 0 Å². The normalized spacial score (nSPS) is 27.7. The van der Waals surface area contributed by atoms with Crippen molar-refractivity contribution in [1.29, 1.82) is 0 Å². The van der Waals surface area contributed by atoms with E-state index in [9.17, 15) is 0 Å². The molecule has 0 amide bonds. The fourth-order valence-electron chi connectivity index (χ4n) is 2.67. The van der Waals surface area contributed by atoms with E-state index in [0.717, 1.165) is 44.1 Å². The molecular formula is C12H19N3O2. The van der Waals surface area contributed by atoms with Gasteiger partial charge in [0.1, 0.15) is 5.60 Å². The molecule has 94 valence electrons. The van der Waals surface area contributed by atoms with Crippen molar-refractivity contribution >= 4 is 0 Å². The third kappa shape index (κ3) is 1.87. The van der Waals surface area contributed by atoms with E-state index in [-0.39, 0.29) is 5.60 Å². The zero-order valence-electron chi connectivity index (χ0n) is 10.2. The van der Waals surface area contributed by atoms with Gasteiger partial charge in [-0.15, -0.1) is 0 Å². The number of ether oxygens (including phenoxy) is 1. The van der Waals surface area contributed by atoms with Crippen LogP contribution in [0, 0.1) is 0 Å². The quantitative estimate of drug-likeness (QED) is 0.864. The maximum absolute atomic E-state index is 5.56. The molecule has 1 atom stereocenters. The molecule has 1 N–H and O–H groups in total. The van der Waals surface area contributed by atoms with Gasteiger partial charge in [-0.1, -0.05) is 5.16 Å². The molecule has 1 aromatic rings. The van der Waals surface area contributed by atoms with Crippen molar-refractivity contribution in [3.05, 3.63) is 11.7 Å². The van der Waals surface area contributed by atoms with Crippen LogP contribution >= 0.6 is 0 Å². The molecule has 1 saturated carbocycles. The minimum atomic E-state index is -0.260. The van der Waals surface area contributed by atoms with Gasteiger partial charge in [0.2, 0.25) is 11.7 Å². The number of nitrogens with zero attached hydrogens (tertiary/aromatic N) is 2. The van der Waals surface area contributed by atoms with E-state index < -0.39 is 0 Å². The first kappa shape index (κ1) is 11.2. The molecule has 3 rings (SSSR count). The summed E-state index contributed by atoms with van der Waals surface area (Å²) in [6, 6.07) is 0. The van der Waals surface area contributed by atoms with Gasteiger partial charge in [-0.2, -0.15) is 4.98 Å². The Morgan fingerprint density at radius 2 is 2.29 bits per heavy atom. The Bertz CT molecular complexity index is 375. The summed E-state index contributed by atoms with van der Waals surface area (Å²) in [5.74, 6) is 1.89. The summed E-state index contributed by atoms with van der Waals surface area (Å²) >= 11 is 0. The van der Waals surface area contributed by atoms with Crippen LogP contribution in [0.2, 0.25) is 0 Å². The highest BCUT2D eigenvalue weighted by Crippen LogP contribution is 2.43. The maximum Gasteiger partial charge on any atom is 0.231 e. The fraction of sp³-hybridized carbons (Fsp3) is 0.833. The summed E-state index contributed by atoms with van der Waals surface area (Å²) in [6.07, 6.45) is 5.51. The first-order valence-electron chi connectivity index (χ1n) is 6.44. The van der Waals surface area contributed by atoms with Crippen LogP contribution in [-0.2, 0) is 10.3 Å². The Kier molecular flexibility index (Phi) is 2.88. The lowest BCUT2D eigenvalue weighted by Gasteiger charge is -2.37. The monoisotopic (exact) mass is 237 g/mol. The number of piperidine rings is 1. The molecule has 2 aliphatic rings. The number of aromatic nitrogens is 2. The molecule has 0 bridgehead atoms. The van der Waals surface area contributed by atoms with Gasteiger partial charge < -0.3 is 14.6 Å². The minimum absolute atomic E-state index is 0.260. The van der Waals surface area contributed by atoms with Crippen molar-refractivity contribution in [2.45, 2.75) is 43.6 Å². The lowest BCUT2D eigenvalue weighted by atomic mass is 9.79. The number of rotatable bonds is 3. The van der Waals surface area contributed by atoms with Gasteiger partial charge in [-0.3, -0.25) is 0 Å². The van der Waals surface area contributed by atoms with E-state index >= 15 is 0 Å². The zero-order valence-corrected chi connectivity index (χ0v) is 10.2. The molecular weight excluding hydrogens is 218 g/mol. The first-order valence-corrected chi connectivity index (χ1v) is 6.44. The summed E-state index contributed by atoms with van der Waals surface area (Å²) in [6.45, 7) is 2.04. The Morgan fingerprint density at radius 3 is 2.88 bits per heavy atom. The standard InChI is InChI=1S/C12H19N3O2/c1-16-12(5-3-6-12)11-14-10(17-15-11)9-4-2-7-13-8-9/h9,13H,2-8H2,1H3/t9-/m1/s1. The second-order valence-electron chi connectivity index (χ2n) is 5.05. The van der Waals surface area contributed by atoms with Crippen LogP contribution in [0.15, 0.2) is 4.52 Å². The first-order chi connectivity index (χ1) is 8.34. The summed E-state index contributed by atoms with van der Waals surface area (Å²) in [4.78, 5) is 4.56. The van der Waals surface area contributed by atoms with Crippen LogP contribution < -0.4 is 5.32 Å². The molecule has 1 saturated heterocycles. The molecule has 0 radical (unpaired) electrons. The van der Waals surface area contributed by atoms with E-state index in [1.54, 1.807) is 7.11 Å². The van der Waals surface area contributed by atoms with Crippen LogP contribution in [0.1, 0.15) is 49.7 Å². The van der Waals surface area contributed by atoms with Gasteiger partial charge in [0.15, 0.2) is 0 Å². The molecule has 1 aliphatic heterocycles. The van der Waals surface area contributed by atoms with E-state index in [1.807, 2.05) is 0 Å². The summed E-state index contributed by atoms with van der Waals surface area (Å²) in [5.41, 5.74) is -0.260. The second-order valence-corrected chi connectivity index (χ2v) is 5.05. The highest BCUT2D eigenvalue weighted by atomic mass is 16.5. The largest absolute Gasteiger partial charge is 0.370 e. The van der Waals surface area contributed by atoms with Crippen molar-refractivity contribution in [3.63, 3.8) is 0 Å². The van der Waals surface area contributed by atoms with Gasteiger partial charge >= 0.3 is 0 Å². The average molecular weight is 237 g/mol. The van der Waals surface area contributed by atoms with E-state index in [1.165, 1.54) is 12.8 Å². The Morgan fingerprint density at radius 1 is 1.41 bits per heavy atom. The number of hydrogen-bond acceptors (Lipinski definition) is 5. The van der Waals surface area contributed by atoms with Crippen LogP contribution in [-0.4, -0.2) is 30.3 Å². The van der Waals surface area contributed by atoms with Crippen molar-refractivity contribution in [3.8, 4) is 0 Å². The van der Waals surface area contributed by atoms with Gasteiger partial charge in [-0.25, -0.2) is 0 Å². The third-order valence-corrected chi connectivity index (χ3v) is 4.05. The molecule has 2 fully saturated rings. The number of hydrogen-bond donors (Lipinski definition) is 1. The zero-order chi connectivity index (χ0) is 11.7. The molecule has 0 spiro atoms. The molecule has 0 aromatic carbocycles. The summed E-state index contributed by atoms with van der Waals surface area (Å²) in [7, 11) is 1.73. The van der Waals surface area contributed by atoms with Gasteiger partial charge in [0.05, 0.1) is 5.92 Å². The minimum Gasteiger partial charge on any atom is -0.370 e. The predicted octanol–water partition coefficient (Wildman–Crippen LogP) is 1.56. The molecule has 17 heavy (non-hydrogen) atoms. The predicted molar refractivity (Wildman–Crippen MR) is 61.7 cm³/mol. The van der Waals surface area contributed by atoms with Crippen molar-refractivity contribution in [2.75, 3.05) is 20.2 Å². The van der Waals surface area contributed by atoms with E-state index in [2.05, 4.69) is 15.5 Å². The molecule has 5 nitrogen and oxygen atoms in total. The number of methoxy groups -OCH3 is 1. The lowest BCUT2D eigenvalue weighted by Crippen LogP contribution is -2.37. The van der Waals surface area contributed by atoms with Crippen LogP contribution in [0.25, 0.3) is 0 Å². The molecule has 2 heterocycles. The Hall–Kier alpha value is -0.940. The highest BCUT2D eigenvalue weighted by Gasteiger charge is 2.43. The van der Waals surface area contributed by atoms with Crippen molar-refractivity contribution in [1.82, 2.24) is 15.5 Å². The van der Waals surface area contributed by atoms with Crippen LogP contribution in [0.4, 0.5) is 0 Å². The van der Waals surface area contributed by atoms with Crippen LogP contribution in [0.5, 0.6) is 0 Å². The van der Waals surface area contributed by atoms with Crippen molar-refractivity contribution < 1.29 is 9.26 Å². The lowest BCUT2D eigenvalue weighted by molar-refractivity contribution is -0.0858. The second kappa shape index (κ2) is 4.38. The highest BCUT2D eigenvalue weighted by molar-refractivity contribution is 5.08. The average Bonchev–Trinajstić information content (AvgIpc) is 2.80. The van der Waals surface area contributed by atoms with Gasteiger partial charge in [-0.05, 0) is 38.6 Å². The summed E-state index contributed by atoms with van der Waals surface area (Å²) < 4.78 is 11.0. The fourth-order valence-corrected chi connectivity index (χ4v) is 2.67. The molecule has 1 aromatic heterocycles. The molecule has 5 heteroatoms. The van der Waals surface area contributed by atoms with Gasteiger partial charge in [0, 0.05) is 13.7 Å². The Labute approximate surface area is 101 Å². The smallest absolute Gasteiger partial charge is 0.231 e. The SMILES string of the molecule is COC1(c2noc([C@@H]3CCCNC3)n2)CCC1. The number of nitrogens with one attached hydrogen (secondary N) is 1. The maximum atomic E-state index is 5.56. The third-order valence-electron chi connectivity index (χ3n) is 4.05. The van der Waals surface area contributed by atoms with E-state index in [0.29, 0.717) is 5.92 Å². The van der Waals surface area contributed by atoms with E-state index in [4.69, 9.17) is 9.26 Å². The van der Waals surface area contributed by atoms with Crippen LogP contribution in [0.3, 0.4) is 0 Å². The topological polar surface area (TPSA) is 60.2 Å².